The Kier molecular flexibility index (Phi) is 4.87. The fourth-order valence-electron chi connectivity index (χ4n) is 1.09. The third-order valence-electron chi connectivity index (χ3n) is 1.80. The SMILES string of the molecule is CSC(=Nc1cc(Cl)cc(C(F)(F)F)c1)NC#N. The van der Waals surface area contributed by atoms with Crippen molar-refractivity contribution in [3.8, 4) is 6.19 Å². The van der Waals surface area contributed by atoms with Crippen molar-refractivity contribution in [2.24, 2.45) is 4.99 Å². The Labute approximate surface area is 111 Å². The van der Waals surface area contributed by atoms with Crippen molar-refractivity contribution in [1.82, 2.24) is 5.32 Å². The van der Waals surface area contributed by atoms with Gasteiger partial charge in [-0.25, -0.2) is 4.99 Å². The first-order valence-corrected chi connectivity index (χ1v) is 6.12. The van der Waals surface area contributed by atoms with Gasteiger partial charge in [-0.3, -0.25) is 5.32 Å². The molecule has 0 bridgehead atoms. The summed E-state index contributed by atoms with van der Waals surface area (Å²) in [6.45, 7) is 0. The van der Waals surface area contributed by atoms with Crippen molar-refractivity contribution < 1.29 is 13.2 Å². The van der Waals surface area contributed by atoms with Crippen LogP contribution in [-0.4, -0.2) is 11.4 Å². The molecule has 0 saturated heterocycles. The van der Waals surface area contributed by atoms with E-state index in [0.717, 1.165) is 23.9 Å². The van der Waals surface area contributed by atoms with E-state index in [1.54, 1.807) is 12.4 Å². The van der Waals surface area contributed by atoms with Gasteiger partial charge >= 0.3 is 6.18 Å². The van der Waals surface area contributed by atoms with Crippen LogP contribution in [0.25, 0.3) is 0 Å². The summed E-state index contributed by atoms with van der Waals surface area (Å²) in [5.74, 6) is 0. The lowest BCUT2D eigenvalue weighted by Gasteiger charge is -2.08. The van der Waals surface area contributed by atoms with Crippen LogP contribution in [0.4, 0.5) is 18.9 Å². The van der Waals surface area contributed by atoms with Gasteiger partial charge in [0, 0.05) is 5.02 Å². The van der Waals surface area contributed by atoms with Crippen LogP contribution < -0.4 is 5.32 Å². The van der Waals surface area contributed by atoms with Crippen LogP contribution in [0.1, 0.15) is 5.56 Å². The second-order valence-corrected chi connectivity index (χ2v) is 4.29. The number of nitriles is 1. The zero-order valence-corrected chi connectivity index (χ0v) is 10.6. The molecule has 0 aromatic heterocycles. The number of hydrogen-bond donors (Lipinski definition) is 1. The summed E-state index contributed by atoms with van der Waals surface area (Å²) in [5.41, 5.74) is -0.854. The molecule has 3 nitrogen and oxygen atoms in total. The zero-order valence-electron chi connectivity index (χ0n) is 9.05. The van der Waals surface area contributed by atoms with Crippen LogP contribution in [0, 0.1) is 11.5 Å². The van der Waals surface area contributed by atoms with Crippen molar-refractivity contribution in [3.63, 3.8) is 0 Å². The highest BCUT2D eigenvalue weighted by atomic mass is 35.5. The predicted octanol–water partition coefficient (Wildman–Crippen LogP) is 3.78. The maximum absolute atomic E-state index is 12.5. The molecule has 0 spiro atoms. The molecule has 0 aliphatic rings. The minimum Gasteiger partial charge on any atom is -0.271 e. The molecule has 1 aromatic carbocycles. The molecule has 0 unspecified atom stereocenters. The monoisotopic (exact) mass is 293 g/mol. The van der Waals surface area contributed by atoms with Crippen LogP contribution >= 0.6 is 23.4 Å². The topological polar surface area (TPSA) is 48.2 Å². The summed E-state index contributed by atoms with van der Waals surface area (Å²) < 4.78 is 37.6. The Hall–Kier alpha value is -1.39. The smallest absolute Gasteiger partial charge is 0.271 e. The quantitative estimate of drug-likeness (QED) is 0.371. The Morgan fingerprint density at radius 3 is 2.61 bits per heavy atom. The van der Waals surface area contributed by atoms with Crippen molar-refractivity contribution >= 4 is 34.2 Å². The molecule has 0 radical (unpaired) electrons. The maximum Gasteiger partial charge on any atom is 0.416 e. The molecule has 0 saturated carbocycles. The van der Waals surface area contributed by atoms with Crippen LogP contribution in [0.3, 0.4) is 0 Å². The number of aliphatic imine (C=N–C) groups is 1. The van der Waals surface area contributed by atoms with Gasteiger partial charge < -0.3 is 0 Å². The summed E-state index contributed by atoms with van der Waals surface area (Å²) in [4.78, 5) is 3.86. The van der Waals surface area contributed by atoms with Gasteiger partial charge in [-0.05, 0) is 24.5 Å². The van der Waals surface area contributed by atoms with E-state index in [-0.39, 0.29) is 15.9 Å². The van der Waals surface area contributed by atoms with Gasteiger partial charge in [0.1, 0.15) is 0 Å². The van der Waals surface area contributed by atoms with E-state index >= 15 is 0 Å². The highest BCUT2D eigenvalue weighted by molar-refractivity contribution is 8.13. The van der Waals surface area contributed by atoms with Crippen LogP contribution in [0.15, 0.2) is 23.2 Å². The van der Waals surface area contributed by atoms with Crippen LogP contribution in [0.5, 0.6) is 0 Å². The highest BCUT2D eigenvalue weighted by Crippen LogP contribution is 2.34. The Balaban J connectivity index is 3.19. The standard InChI is InChI=1S/C10H7ClF3N3S/c1-18-9(16-5-15)17-8-3-6(10(12,13)14)2-7(11)4-8/h2-4H,1H3,(H,16,17). The fraction of sp³-hybridized carbons (Fsp3) is 0.200. The lowest BCUT2D eigenvalue weighted by molar-refractivity contribution is -0.137. The molecule has 0 atom stereocenters. The van der Waals surface area contributed by atoms with E-state index in [2.05, 4.69) is 10.3 Å². The van der Waals surface area contributed by atoms with Gasteiger partial charge in [0.25, 0.3) is 0 Å². The Bertz CT molecular complexity index is 508. The van der Waals surface area contributed by atoms with E-state index in [9.17, 15) is 13.2 Å². The molecule has 0 aliphatic heterocycles. The van der Waals surface area contributed by atoms with Gasteiger partial charge in [-0.2, -0.15) is 18.4 Å². The number of nitrogens with zero attached hydrogens (tertiary/aromatic N) is 2. The van der Waals surface area contributed by atoms with E-state index in [1.165, 1.54) is 6.07 Å². The van der Waals surface area contributed by atoms with E-state index < -0.39 is 11.7 Å². The first kappa shape index (κ1) is 14.7. The number of rotatable bonds is 1. The molecule has 18 heavy (non-hydrogen) atoms. The van der Waals surface area contributed by atoms with E-state index in [0.29, 0.717) is 0 Å². The van der Waals surface area contributed by atoms with Gasteiger partial charge in [0.2, 0.25) is 0 Å². The van der Waals surface area contributed by atoms with Crippen molar-refractivity contribution in [1.29, 1.82) is 5.26 Å². The largest absolute Gasteiger partial charge is 0.416 e. The number of amidine groups is 1. The molecule has 96 valence electrons. The second kappa shape index (κ2) is 5.98. The third kappa shape index (κ3) is 4.13. The number of benzene rings is 1. The third-order valence-corrected chi connectivity index (χ3v) is 2.59. The summed E-state index contributed by atoms with van der Waals surface area (Å²) in [7, 11) is 0. The average molecular weight is 294 g/mol. The first-order valence-electron chi connectivity index (χ1n) is 4.52. The van der Waals surface area contributed by atoms with Crippen molar-refractivity contribution in [2.75, 3.05) is 6.26 Å². The number of halogens is 4. The lowest BCUT2D eigenvalue weighted by Crippen LogP contribution is -2.12. The number of hydrogen-bond acceptors (Lipinski definition) is 3. The molecule has 1 rings (SSSR count). The van der Waals surface area contributed by atoms with Gasteiger partial charge in [0.05, 0.1) is 11.3 Å². The predicted molar refractivity (Wildman–Crippen MR) is 65.8 cm³/mol. The summed E-state index contributed by atoms with van der Waals surface area (Å²) in [6, 6.07) is 2.96. The molecular weight excluding hydrogens is 287 g/mol. The molecule has 0 heterocycles. The minimum atomic E-state index is -4.49. The van der Waals surface area contributed by atoms with Crippen LogP contribution in [-0.2, 0) is 6.18 Å². The molecule has 1 N–H and O–H groups in total. The fourth-order valence-corrected chi connectivity index (χ4v) is 1.67. The van der Waals surface area contributed by atoms with Crippen LogP contribution in [0.2, 0.25) is 5.02 Å². The van der Waals surface area contributed by atoms with E-state index in [1.807, 2.05) is 0 Å². The molecule has 0 fully saturated rings. The second-order valence-electron chi connectivity index (χ2n) is 3.05. The minimum absolute atomic E-state index is 0.0296. The normalized spacial score (nSPS) is 12.1. The van der Waals surface area contributed by atoms with Gasteiger partial charge in [-0.15, -0.1) is 0 Å². The highest BCUT2D eigenvalue weighted by Gasteiger charge is 2.31. The molecule has 0 aliphatic carbocycles. The molecule has 0 amide bonds. The first-order chi connectivity index (χ1) is 8.36. The number of nitrogens with one attached hydrogen (secondary N) is 1. The van der Waals surface area contributed by atoms with Gasteiger partial charge in [-0.1, -0.05) is 23.4 Å². The summed E-state index contributed by atoms with van der Waals surface area (Å²) in [6.07, 6.45) is -1.21. The maximum atomic E-state index is 12.5. The van der Waals surface area contributed by atoms with Crippen molar-refractivity contribution in [3.05, 3.63) is 28.8 Å². The zero-order chi connectivity index (χ0) is 13.8. The Morgan fingerprint density at radius 2 is 2.11 bits per heavy atom. The lowest BCUT2D eigenvalue weighted by atomic mass is 10.2. The molecule has 8 heteroatoms. The van der Waals surface area contributed by atoms with Gasteiger partial charge in [0.15, 0.2) is 11.4 Å². The molecular formula is C10H7ClF3N3S. The number of alkyl halides is 3. The Morgan fingerprint density at radius 1 is 1.44 bits per heavy atom. The summed E-state index contributed by atoms with van der Waals surface area (Å²) >= 11 is 6.70. The molecule has 1 aromatic rings. The number of thioether (sulfide) groups is 1. The van der Waals surface area contributed by atoms with Crippen molar-refractivity contribution in [2.45, 2.75) is 6.18 Å². The average Bonchev–Trinajstić information content (AvgIpc) is 2.26. The summed E-state index contributed by atoms with van der Waals surface area (Å²) in [5, 5.41) is 10.8. The van der Waals surface area contributed by atoms with E-state index in [4.69, 9.17) is 16.9 Å².